The van der Waals surface area contributed by atoms with Gasteiger partial charge in [-0.15, -0.1) is 0 Å². The number of aliphatic hydroxyl groups is 1. The lowest BCUT2D eigenvalue weighted by atomic mass is 9.95. The molecule has 7 heteroatoms. The molecule has 1 N–H and O–H groups in total. The highest BCUT2D eigenvalue weighted by Crippen LogP contribution is 2.24. The van der Waals surface area contributed by atoms with Crippen LogP contribution in [0.2, 0.25) is 0 Å². The maximum Gasteiger partial charge on any atom is 0.387 e. The summed E-state index contributed by atoms with van der Waals surface area (Å²) in [6.45, 7) is 7.10. The number of likely N-dealkylation sites (tertiary alicyclic amines) is 1. The molecule has 0 spiro atoms. The van der Waals surface area contributed by atoms with Crippen molar-refractivity contribution in [2.24, 2.45) is 5.92 Å². The van der Waals surface area contributed by atoms with Gasteiger partial charge in [0.15, 0.2) is 0 Å². The number of nitrogens with zero attached hydrogens (tertiary/aromatic N) is 2. The molecule has 1 aromatic rings. The number of ether oxygens (including phenoxy) is 2. The molecule has 2 saturated heterocycles. The van der Waals surface area contributed by atoms with E-state index in [4.69, 9.17) is 4.74 Å². The largest absolute Gasteiger partial charge is 0.435 e. The highest BCUT2D eigenvalue weighted by atomic mass is 19.3. The van der Waals surface area contributed by atoms with Gasteiger partial charge in [0.25, 0.3) is 0 Å². The Balaban J connectivity index is 1.41. The Bertz CT molecular complexity index is 584. The van der Waals surface area contributed by atoms with Gasteiger partial charge in [0, 0.05) is 26.2 Å². The maximum absolute atomic E-state index is 12.2. The molecule has 5 nitrogen and oxygen atoms in total. The molecule has 1 aromatic carbocycles. The first-order valence-electron chi connectivity index (χ1n) is 10.2. The molecule has 2 aliphatic rings. The van der Waals surface area contributed by atoms with E-state index in [2.05, 4.69) is 28.4 Å². The molecule has 0 saturated carbocycles. The van der Waals surface area contributed by atoms with Crippen LogP contribution in [0.3, 0.4) is 0 Å². The summed E-state index contributed by atoms with van der Waals surface area (Å²) in [4.78, 5) is 4.81. The molecule has 2 aliphatic heterocycles. The second kappa shape index (κ2) is 9.96. The second-order valence-electron chi connectivity index (χ2n) is 8.18. The minimum absolute atomic E-state index is 0.110. The van der Waals surface area contributed by atoms with Gasteiger partial charge >= 0.3 is 6.61 Å². The van der Waals surface area contributed by atoms with E-state index in [0.29, 0.717) is 24.7 Å². The normalized spacial score (nSPS) is 26.5. The van der Waals surface area contributed by atoms with E-state index in [-0.39, 0.29) is 5.75 Å². The van der Waals surface area contributed by atoms with Crippen LogP contribution in [0.1, 0.15) is 38.4 Å². The van der Waals surface area contributed by atoms with Crippen molar-refractivity contribution in [3.8, 4) is 5.75 Å². The van der Waals surface area contributed by atoms with Crippen molar-refractivity contribution in [1.82, 2.24) is 9.80 Å². The molecular formula is C21H32F2N2O3. The number of benzene rings is 1. The quantitative estimate of drug-likeness (QED) is 0.765. The first-order valence-corrected chi connectivity index (χ1v) is 10.2. The maximum atomic E-state index is 12.2. The Hall–Kier alpha value is -1.28. The summed E-state index contributed by atoms with van der Waals surface area (Å²) in [5.74, 6) is 0.801. The standard InChI is InChI=1S/C21H32F2N2O3/c1-15-11-25(12-16(2)27-15)13-17-7-9-24(10-8-17)14-20(26)18-3-5-19(6-4-18)28-21(22)23/h3-6,15-17,20-21,26H,7-14H2,1-2H3. The zero-order chi connectivity index (χ0) is 20.1. The third-order valence-electron chi connectivity index (χ3n) is 5.64. The highest BCUT2D eigenvalue weighted by molar-refractivity contribution is 5.28. The van der Waals surface area contributed by atoms with Gasteiger partial charge in [-0.3, -0.25) is 4.90 Å². The third kappa shape index (κ3) is 6.37. The predicted octanol–water partition coefficient (Wildman–Crippen LogP) is 3.14. The fourth-order valence-corrected chi connectivity index (χ4v) is 4.37. The fourth-order valence-electron chi connectivity index (χ4n) is 4.37. The van der Waals surface area contributed by atoms with Crippen molar-refractivity contribution in [1.29, 1.82) is 0 Å². The number of rotatable bonds is 7. The Kier molecular flexibility index (Phi) is 7.62. The predicted molar refractivity (Wildman–Crippen MR) is 104 cm³/mol. The van der Waals surface area contributed by atoms with Crippen LogP contribution >= 0.6 is 0 Å². The lowest BCUT2D eigenvalue weighted by Gasteiger charge is -2.39. The molecule has 3 unspecified atom stereocenters. The second-order valence-corrected chi connectivity index (χ2v) is 8.18. The smallest absolute Gasteiger partial charge is 0.387 e. The van der Waals surface area contributed by atoms with Crippen LogP contribution in [0.4, 0.5) is 8.78 Å². The highest BCUT2D eigenvalue weighted by Gasteiger charge is 2.27. The van der Waals surface area contributed by atoms with Crippen LogP contribution in [0.5, 0.6) is 5.75 Å². The van der Waals surface area contributed by atoms with Gasteiger partial charge in [-0.05, 0) is 63.4 Å². The first kappa shape index (κ1) is 21.4. The SMILES string of the molecule is CC1CN(CC2CCN(CC(O)c3ccc(OC(F)F)cc3)CC2)CC(C)O1. The molecule has 2 heterocycles. The first-order chi connectivity index (χ1) is 13.4. The number of hydrogen-bond donors (Lipinski definition) is 1. The van der Waals surface area contributed by atoms with Crippen LogP contribution in [0.15, 0.2) is 24.3 Å². The number of hydrogen-bond acceptors (Lipinski definition) is 5. The Morgan fingerprint density at radius 3 is 2.25 bits per heavy atom. The number of β-amino-alcohol motifs (C(OH)–C–C–N with tert-alkyl or cyclic N) is 1. The zero-order valence-corrected chi connectivity index (χ0v) is 16.8. The Morgan fingerprint density at radius 1 is 1.07 bits per heavy atom. The van der Waals surface area contributed by atoms with Gasteiger partial charge in [-0.25, -0.2) is 0 Å². The van der Waals surface area contributed by atoms with Crippen LogP contribution < -0.4 is 4.74 Å². The van der Waals surface area contributed by atoms with E-state index in [1.54, 1.807) is 12.1 Å². The van der Waals surface area contributed by atoms with E-state index >= 15 is 0 Å². The van der Waals surface area contributed by atoms with Gasteiger partial charge in [0.05, 0.1) is 18.3 Å². The molecule has 3 atom stereocenters. The van der Waals surface area contributed by atoms with Crippen molar-refractivity contribution in [3.05, 3.63) is 29.8 Å². The summed E-state index contributed by atoms with van der Waals surface area (Å²) < 4.78 is 34.6. The Morgan fingerprint density at radius 2 is 1.68 bits per heavy atom. The average molecular weight is 398 g/mol. The molecule has 0 amide bonds. The van der Waals surface area contributed by atoms with Crippen LogP contribution in [-0.4, -0.2) is 73.0 Å². The molecule has 0 radical (unpaired) electrons. The molecule has 3 rings (SSSR count). The fraction of sp³-hybridized carbons (Fsp3) is 0.714. The van der Waals surface area contributed by atoms with Crippen molar-refractivity contribution in [3.63, 3.8) is 0 Å². The molecule has 0 aliphatic carbocycles. The van der Waals surface area contributed by atoms with E-state index in [0.717, 1.165) is 51.1 Å². The lowest BCUT2D eigenvalue weighted by molar-refractivity contribution is -0.0734. The van der Waals surface area contributed by atoms with Gasteiger partial charge in [-0.1, -0.05) is 12.1 Å². The monoisotopic (exact) mass is 398 g/mol. The number of alkyl halides is 2. The minimum Gasteiger partial charge on any atom is -0.435 e. The molecule has 0 bridgehead atoms. The van der Waals surface area contributed by atoms with E-state index in [1.807, 2.05) is 0 Å². The number of aliphatic hydroxyl groups excluding tert-OH is 1. The van der Waals surface area contributed by atoms with E-state index in [1.165, 1.54) is 12.1 Å². The summed E-state index contributed by atoms with van der Waals surface area (Å²) in [5, 5.41) is 10.5. The van der Waals surface area contributed by atoms with E-state index in [9.17, 15) is 13.9 Å². The molecule has 28 heavy (non-hydrogen) atoms. The summed E-state index contributed by atoms with van der Waals surface area (Å²) in [6.07, 6.45) is 2.24. The van der Waals surface area contributed by atoms with Crippen molar-refractivity contribution >= 4 is 0 Å². The van der Waals surface area contributed by atoms with Gasteiger partial charge in [-0.2, -0.15) is 8.78 Å². The zero-order valence-electron chi connectivity index (χ0n) is 16.8. The molecule has 2 fully saturated rings. The van der Waals surface area contributed by atoms with Gasteiger partial charge < -0.3 is 19.5 Å². The third-order valence-corrected chi connectivity index (χ3v) is 5.64. The number of piperidine rings is 1. The average Bonchev–Trinajstić information content (AvgIpc) is 2.62. The summed E-state index contributed by atoms with van der Waals surface area (Å²) >= 11 is 0. The van der Waals surface area contributed by atoms with Gasteiger partial charge in [0.1, 0.15) is 5.75 Å². The Labute approximate surface area is 166 Å². The lowest BCUT2D eigenvalue weighted by Crippen LogP contribution is -2.48. The molecule has 158 valence electrons. The number of morpholine rings is 1. The van der Waals surface area contributed by atoms with Crippen LogP contribution in [0.25, 0.3) is 0 Å². The van der Waals surface area contributed by atoms with Crippen molar-refractivity contribution < 1.29 is 23.4 Å². The molecular weight excluding hydrogens is 366 g/mol. The van der Waals surface area contributed by atoms with Crippen molar-refractivity contribution in [2.75, 3.05) is 39.3 Å². The summed E-state index contributed by atoms with van der Waals surface area (Å²) in [7, 11) is 0. The number of halogens is 2. The van der Waals surface area contributed by atoms with Gasteiger partial charge in [0.2, 0.25) is 0 Å². The van der Waals surface area contributed by atoms with Crippen LogP contribution in [-0.2, 0) is 4.74 Å². The summed E-state index contributed by atoms with van der Waals surface area (Å²) in [5.41, 5.74) is 0.722. The topological polar surface area (TPSA) is 45.2 Å². The van der Waals surface area contributed by atoms with E-state index < -0.39 is 12.7 Å². The molecule has 0 aromatic heterocycles. The summed E-state index contributed by atoms with van der Waals surface area (Å²) in [6, 6.07) is 6.24. The minimum atomic E-state index is -2.83. The van der Waals surface area contributed by atoms with Crippen LogP contribution in [0, 0.1) is 5.92 Å². The van der Waals surface area contributed by atoms with Crippen molar-refractivity contribution in [2.45, 2.75) is 51.6 Å².